The first-order chi connectivity index (χ1) is 17.2. The number of hydrogen-bond acceptors (Lipinski definition) is 4. The van der Waals surface area contributed by atoms with Gasteiger partial charge in [0.05, 0.1) is 23.7 Å². The number of hydrogen-bond donors (Lipinski definition) is 2. The van der Waals surface area contributed by atoms with Gasteiger partial charge in [0.15, 0.2) is 0 Å². The number of carbonyl (C=O) groups is 1. The number of nitrogens with zero attached hydrogens (tertiary/aromatic N) is 2. The lowest BCUT2D eigenvalue weighted by molar-refractivity contribution is -0.110. The largest absolute Gasteiger partial charge is 0.494 e. The second-order valence-electron chi connectivity index (χ2n) is 10.00. The van der Waals surface area contributed by atoms with Crippen molar-refractivity contribution in [2.75, 3.05) is 13.7 Å². The van der Waals surface area contributed by atoms with Crippen molar-refractivity contribution in [3.05, 3.63) is 53.4 Å². The Morgan fingerprint density at radius 1 is 1.39 bits per heavy atom. The van der Waals surface area contributed by atoms with Crippen molar-refractivity contribution in [3.8, 4) is 5.75 Å². The molecule has 8 heteroatoms. The molecule has 198 valence electrons. The smallest absolute Gasteiger partial charge is 0.245 e. The highest BCUT2D eigenvalue weighted by Crippen LogP contribution is 2.33. The molecule has 6 nitrogen and oxygen atoms in total. The summed E-state index contributed by atoms with van der Waals surface area (Å²) in [5.41, 5.74) is 5.02. The normalized spacial score (nSPS) is 14.4. The van der Waals surface area contributed by atoms with E-state index in [1.807, 2.05) is 31.3 Å². The Hall–Kier alpha value is -2.90. The van der Waals surface area contributed by atoms with Crippen LogP contribution >= 0.6 is 0 Å². The summed E-state index contributed by atoms with van der Waals surface area (Å²) in [5, 5.41) is 11.0. The van der Waals surface area contributed by atoms with Gasteiger partial charge in [-0.25, -0.2) is 8.78 Å². The molecule has 1 aromatic heterocycles. The van der Waals surface area contributed by atoms with Crippen LogP contribution in [0.3, 0.4) is 0 Å². The van der Waals surface area contributed by atoms with Gasteiger partial charge in [-0.2, -0.15) is 5.10 Å². The van der Waals surface area contributed by atoms with Crippen molar-refractivity contribution in [2.24, 2.45) is 5.92 Å². The van der Waals surface area contributed by atoms with Crippen LogP contribution in [-0.2, 0) is 24.2 Å². The maximum absolute atomic E-state index is 13.0. The van der Waals surface area contributed by atoms with E-state index in [1.54, 1.807) is 0 Å². The SMILES string of the molecule is C=C(NC)c1c(C)c(CC(CCc2cccc(OCCCC(C)(F)F)c2)NC=O)nn1CCC1CC1. The van der Waals surface area contributed by atoms with Crippen molar-refractivity contribution < 1.29 is 18.3 Å². The van der Waals surface area contributed by atoms with Gasteiger partial charge < -0.3 is 15.4 Å². The topological polar surface area (TPSA) is 68.2 Å². The number of benzene rings is 1. The maximum Gasteiger partial charge on any atom is 0.245 e. The van der Waals surface area contributed by atoms with E-state index < -0.39 is 5.92 Å². The molecule has 0 saturated heterocycles. The fourth-order valence-electron chi connectivity index (χ4n) is 4.45. The first-order valence-electron chi connectivity index (χ1n) is 12.9. The predicted molar refractivity (Wildman–Crippen MR) is 139 cm³/mol. The van der Waals surface area contributed by atoms with Gasteiger partial charge in [0.25, 0.3) is 0 Å². The van der Waals surface area contributed by atoms with E-state index in [0.29, 0.717) is 18.6 Å². The minimum atomic E-state index is -2.67. The number of rotatable bonds is 17. The molecule has 2 N–H and O–H groups in total. The van der Waals surface area contributed by atoms with Crippen LogP contribution in [0.5, 0.6) is 5.75 Å². The zero-order chi connectivity index (χ0) is 26.1. The molecule has 1 unspecified atom stereocenters. The molecule has 1 aromatic carbocycles. The highest BCUT2D eigenvalue weighted by molar-refractivity contribution is 5.62. The third-order valence-electron chi connectivity index (χ3n) is 6.77. The first kappa shape index (κ1) is 27.7. The van der Waals surface area contributed by atoms with Gasteiger partial charge >= 0.3 is 0 Å². The van der Waals surface area contributed by atoms with E-state index in [1.165, 1.54) is 12.8 Å². The van der Waals surface area contributed by atoms with Gasteiger partial charge in [-0.1, -0.05) is 31.6 Å². The van der Waals surface area contributed by atoms with Crippen molar-refractivity contribution in [1.29, 1.82) is 0 Å². The van der Waals surface area contributed by atoms with Gasteiger partial charge in [0.2, 0.25) is 12.3 Å². The average molecular weight is 503 g/mol. The van der Waals surface area contributed by atoms with Gasteiger partial charge in [-0.05, 0) is 68.7 Å². The highest BCUT2D eigenvalue weighted by atomic mass is 19.3. The lowest BCUT2D eigenvalue weighted by atomic mass is 9.99. The number of alkyl halides is 2. The molecule has 1 aliphatic rings. The quantitative estimate of drug-likeness (QED) is 0.228. The van der Waals surface area contributed by atoms with E-state index in [9.17, 15) is 13.6 Å². The fourth-order valence-corrected chi connectivity index (χ4v) is 4.45. The molecular weight excluding hydrogens is 462 g/mol. The van der Waals surface area contributed by atoms with Crippen LogP contribution in [-0.4, -0.2) is 41.8 Å². The number of ether oxygens (including phenoxy) is 1. The van der Waals surface area contributed by atoms with E-state index in [0.717, 1.165) is 73.3 Å². The summed E-state index contributed by atoms with van der Waals surface area (Å²) < 4.78 is 33.7. The lowest BCUT2D eigenvalue weighted by Gasteiger charge is -2.16. The number of aromatic nitrogens is 2. The molecule has 3 rings (SSSR count). The van der Waals surface area contributed by atoms with Gasteiger partial charge in [0.1, 0.15) is 5.75 Å². The van der Waals surface area contributed by atoms with Gasteiger partial charge in [0, 0.05) is 32.5 Å². The molecule has 0 radical (unpaired) electrons. The van der Waals surface area contributed by atoms with Crippen LogP contribution in [0.2, 0.25) is 0 Å². The zero-order valence-corrected chi connectivity index (χ0v) is 21.8. The molecule has 1 fully saturated rings. The number of aryl methyl sites for hydroxylation is 2. The van der Waals surface area contributed by atoms with Crippen molar-refractivity contribution in [2.45, 2.75) is 83.7 Å². The van der Waals surface area contributed by atoms with Crippen molar-refractivity contribution >= 4 is 12.1 Å². The molecule has 36 heavy (non-hydrogen) atoms. The Morgan fingerprint density at radius 2 is 2.17 bits per heavy atom. The number of nitrogens with one attached hydrogen (secondary N) is 2. The summed E-state index contributed by atoms with van der Waals surface area (Å²) >= 11 is 0. The summed E-state index contributed by atoms with van der Waals surface area (Å²) in [6.45, 7) is 8.29. The number of halogens is 2. The van der Waals surface area contributed by atoms with Gasteiger partial charge in [-0.15, -0.1) is 0 Å². The van der Waals surface area contributed by atoms with Crippen molar-refractivity contribution in [1.82, 2.24) is 20.4 Å². The molecule has 0 bridgehead atoms. The summed E-state index contributed by atoms with van der Waals surface area (Å²) in [6.07, 6.45) is 6.71. The fraction of sp³-hybridized carbons (Fsp3) is 0.571. The Morgan fingerprint density at radius 3 is 2.83 bits per heavy atom. The summed E-state index contributed by atoms with van der Waals surface area (Å²) in [5.74, 6) is -1.18. The summed E-state index contributed by atoms with van der Waals surface area (Å²) in [6, 6.07) is 7.62. The Kier molecular flexibility index (Phi) is 9.90. The van der Waals surface area contributed by atoms with Gasteiger partial charge in [-0.3, -0.25) is 9.48 Å². The molecule has 0 spiro atoms. The van der Waals surface area contributed by atoms with Crippen LogP contribution in [0.15, 0.2) is 30.8 Å². The predicted octanol–water partition coefficient (Wildman–Crippen LogP) is 5.29. The third-order valence-corrected chi connectivity index (χ3v) is 6.77. The monoisotopic (exact) mass is 502 g/mol. The van der Waals surface area contributed by atoms with E-state index in [2.05, 4.69) is 28.8 Å². The lowest BCUT2D eigenvalue weighted by Crippen LogP contribution is -2.31. The van der Waals surface area contributed by atoms with Crippen LogP contribution in [0, 0.1) is 12.8 Å². The molecule has 1 heterocycles. The molecule has 0 aliphatic heterocycles. The van der Waals surface area contributed by atoms with Crippen LogP contribution < -0.4 is 15.4 Å². The van der Waals surface area contributed by atoms with Crippen LogP contribution in [0.25, 0.3) is 5.70 Å². The first-order valence-corrected chi connectivity index (χ1v) is 12.9. The summed E-state index contributed by atoms with van der Waals surface area (Å²) in [4.78, 5) is 11.3. The standard InChI is InChI=1S/C28H40F2N4O2/c1-20-26(33-34(15-13-22-9-10-22)27(20)21(2)31-4)18-24(32-19-35)12-11-23-7-5-8-25(17-23)36-16-6-14-28(3,29)30/h5,7-8,17,19,22,24,31H,2,6,9-16,18H2,1,3-4H3,(H,32,35). The minimum Gasteiger partial charge on any atom is -0.494 e. The Bertz CT molecular complexity index is 1010. The van der Waals surface area contributed by atoms with E-state index in [-0.39, 0.29) is 19.1 Å². The van der Waals surface area contributed by atoms with Crippen LogP contribution in [0.1, 0.15) is 68.0 Å². The second-order valence-corrected chi connectivity index (χ2v) is 10.00. The molecule has 1 amide bonds. The molecule has 2 aromatic rings. The number of carbonyl (C=O) groups excluding carboxylic acids is 1. The zero-order valence-electron chi connectivity index (χ0n) is 21.8. The van der Waals surface area contributed by atoms with E-state index >= 15 is 0 Å². The second kappa shape index (κ2) is 12.9. The molecule has 1 saturated carbocycles. The Labute approximate surface area is 213 Å². The maximum atomic E-state index is 13.0. The van der Waals surface area contributed by atoms with Crippen molar-refractivity contribution in [3.63, 3.8) is 0 Å². The molecule has 1 aliphatic carbocycles. The average Bonchev–Trinajstić information content (AvgIpc) is 3.62. The molecular formula is C28H40F2N4O2. The number of amides is 1. The molecule has 1 atom stereocenters. The highest BCUT2D eigenvalue weighted by Gasteiger charge is 2.24. The van der Waals surface area contributed by atoms with E-state index in [4.69, 9.17) is 9.84 Å². The third kappa shape index (κ3) is 8.64. The minimum absolute atomic E-state index is 0.0694. The van der Waals surface area contributed by atoms with Crippen LogP contribution in [0.4, 0.5) is 8.78 Å². The summed E-state index contributed by atoms with van der Waals surface area (Å²) in [7, 11) is 1.87. The Balaban J connectivity index is 1.61.